The molecule has 0 amide bonds. The number of rotatable bonds is 2. The van der Waals surface area contributed by atoms with Gasteiger partial charge in [-0.3, -0.25) is 0 Å². The van der Waals surface area contributed by atoms with E-state index in [1.165, 1.54) is 43.6 Å². The maximum Gasteiger partial charge on any atom is 0.0366 e. The van der Waals surface area contributed by atoms with Gasteiger partial charge in [-0.05, 0) is 43.9 Å². The molecule has 1 nitrogen and oxygen atoms in total. The van der Waals surface area contributed by atoms with Gasteiger partial charge in [0.15, 0.2) is 0 Å². The average Bonchev–Trinajstić information content (AvgIpc) is 2.32. The van der Waals surface area contributed by atoms with E-state index in [9.17, 15) is 0 Å². The molecule has 0 radical (unpaired) electrons. The fourth-order valence-electron chi connectivity index (χ4n) is 2.14. The topological polar surface area (TPSA) is 3.24 Å². The van der Waals surface area contributed by atoms with Gasteiger partial charge >= 0.3 is 0 Å². The van der Waals surface area contributed by atoms with Crippen LogP contribution in [0.4, 0.5) is 5.69 Å². The third-order valence-electron chi connectivity index (χ3n) is 2.97. The van der Waals surface area contributed by atoms with Crippen molar-refractivity contribution in [2.75, 3.05) is 18.0 Å². The number of benzene rings is 1. The molecule has 15 heavy (non-hydrogen) atoms. The van der Waals surface area contributed by atoms with Gasteiger partial charge in [0, 0.05) is 18.8 Å². The highest BCUT2D eigenvalue weighted by Gasteiger charge is 2.09. The normalized spacial score (nSPS) is 17.3. The molecular formula is C14H19N. The van der Waals surface area contributed by atoms with Crippen molar-refractivity contribution in [3.05, 3.63) is 35.9 Å². The first-order chi connectivity index (χ1) is 7.40. The van der Waals surface area contributed by atoms with Crippen LogP contribution in [0.3, 0.4) is 0 Å². The Kier molecular flexibility index (Phi) is 3.44. The first kappa shape index (κ1) is 10.3. The molecular weight excluding hydrogens is 182 g/mol. The van der Waals surface area contributed by atoms with Crippen LogP contribution in [0.1, 0.15) is 31.7 Å². The van der Waals surface area contributed by atoms with Gasteiger partial charge in [0.05, 0.1) is 0 Å². The molecule has 80 valence electrons. The zero-order chi connectivity index (χ0) is 10.5. The lowest BCUT2D eigenvalue weighted by Crippen LogP contribution is -2.29. The van der Waals surface area contributed by atoms with E-state index in [0.29, 0.717) is 0 Å². The summed E-state index contributed by atoms with van der Waals surface area (Å²) in [6.45, 7) is 4.50. The van der Waals surface area contributed by atoms with E-state index >= 15 is 0 Å². The van der Waals surface area contributed by atoms with Crippen LogP contribution >= 0.6 is 0 Å². The lowest BCUT2D eigenvalue weighted by molar-refractivity contribution is 0.578. The first-order valence-corrected chi connectivity index (χ1v) is 5.88. The highest BCUT2D eigenvalue weighted by molar-refractivity contribution is 5.55. The Morgan fingerprint density at radius 1 is 1.00 bits per heavy atom. The van der Waals surface area contributed by atoms with Crippen molar-refractivity contribution >= 4 is 11.8 Å². The van der Waals surface area contributed by atoms with Gasteiger partial charge in [-0.25, -0.2) is 0 Å². The first-order valence-electron chi connectivity index (χ1n) is 5.88. The van der Waals surface area contributed by atoms with E-state index in [1.807, 2.05) is 0 Å². The van der Waals surface area contributed by atoms with Crippen LogP contribution in [0.15, 0.2) is 30.3 Å². The summed E-state index contributed by atoms with van der Waals surface area (Å²) in [4.78, 5) is 2.49. The van der Waals surface area contributed by atoms with Crippen LogP contribution in [0, 0.1) is 0 Å². The number of nitrogens with zero attached hydrogens (tertiary/aromatic N) is 1. The summed E-state index contributed by atoms with van der Waals surface area (Å²) in [5.74, 6) is 0. The Balaban J connectivity index is 2.08. The maximum absolute atomic E-state index is 2.49. The molecule has 0 N–H and O–H groups in total. The van der Waals surface area contributed by atoms with E-state index in [-0.39, 0.29) is 0 Å². The predicted octanol–water partition coefficient (Wildman–Crippen LogP) is 3.71. The summed E-state index contributed by atoms with van der Waals surface area (Å²) in [5.41, 5.74) is 2.67. The lowest BCUT2D eigenvalue weighted by atomic mass is 10.1. The molecule has 0 aliphatic carbocycles. The van der Waals surface area contributed by atoms with E-state index in [2.05, 4.69) is 48.2 Å². The lowest BCUT2D eigenvalue weighted by Gasteiger charge is -2.28. The molecule has 0 saturated carbocycles. The zero-order valence-corrected chi connectivity index (χ0v) is 9.45. The molecule has 0 atom stereocenters. The third-order valence-corrected chi connectivity index (χ3v) is 2.97. The summed E-state index contributed by atoms with van der Waals surface area (Å²) in [7, 11) is 0. The van der Waals surface area contributed by atoms with Crippen molar-refractivity contribution in [3.63, 3.8) is 0 Å². The minimum absolute atomic E-state index is 1.23. The van der Waals surface area contributed by atoms with Crippen molar-refractivity contribution < 1.29 is 0 Å². The summed E-state index contributed by atoms with van der Waals surface area (Å²) < 4.78 is 0. The Morgan fingerprint density at radius 3 is 2.27 bits per heavy atom. The maximum atomic E-state index is 2.49. The fourth-order valence-corrected chi connectivity index (χ4v) is 2.14. The molecule has 0 spiro atoms. The Hall–Kier alpha value is -1.24. The summed E-state index contributed by atoms with van der Waals surface area (Å²) in [6, 6.07) is 8.87. The zero-order valence-electron chi connectivity index (χ0n) is 9.45. The summed E-state index contributed by atoms with van der Waals surface area (Å²) in [6.07, 6.45) is 8.30. The second-order valence-corrected chi connectivity index (χ2v) is 4.14. The van der Waals surface area contributed by atoms with Crippen LogP contribution in [-0.2, 0) is 0 Å². The quantitative estimate of drug-likeness (QED) is 0.705. The van der Waals surface area contributed by atoms with Gasteiger partial charge in [0.2, 0.25) is 0 Å². The highest BCUT2D eigenvalue weighted by Crippen LogP contribution is 2.20. The molecule has 0 unspecified atom stereocenters. The van der Waals surface area contributed by atoms with E-state index in [4.69, 9.17) is 0 Å². The second-order valence-electron chi connectivity index (χ2n) is 4.14. The molecule has 1 fully saturated rings. The van der Waals surface area contributed by atoms with Gasteiger partial charge in [-0.2, -0.15) is 0 Å². The number of allylic oxidation sites excluding steroid dienone is 1. The number of hydrogen-bond acceptors (Lipinski definition) is 1. The molecule has 0 bridgehead atoms. The standard InChI is InChI=1S/C14H19N/c1-2-6-13-7-9-14(10-8-13)15-11-4-3-5-12-15/h2,6-10H,3-5,11-12H2,1H3. The van der Waals surface area contributed by atoms with E-state index < -0.39 is 0 Å². The number of anilines is 1. The van der Waals surface area contributed by atoms with E-state index in [0.717, 1.165) is 0 Å². The smallest absolute Gasteiger partial charge is 0.0366 e. The highest BCUT2D eigenvalue weighted by atomic mass is 15.1. The molecule has 0 aromatic heterocycles. The van der Waals surface area contributed by atoms with Crippen LogP contribution in [-0.4, -0.2) is 13.1 Å². The SMILES string of the molecule is CC=Cc1ccc(N2CCCCC2)cc1. The second kappa shape index (κ2) is 5.01. The van der Waals surface area contributed by atoms with Crippen LogP contribution < -0.4 is 4.90 Å². The molecule has 1 aliphatic rings. The van der Waals surface area contributed by atoms with Gasteiger partial charge in [0.1, 0.15) is 0 Å². The minimum atomic E-state index is 1.23. The van der Waals surface area contributed by atoms with Crippen LogP contribution in [0.2, 0.25) is 0 Å². The Labute approximate surface area is 92.4 Å². The molecule has 1 saturated heterocycles. The van der Waals surface area contributed by atoms with Crippen molar-refractivity contribution in [1.29, 1.82) is 0 Å². The van der Waals surface area contributed by atoms with Crippen molar-refractivity contribution in [3.8, 4) is 0 Å². The van der Waals surface area contributed by atoms with Crippen molar-refractivity contribution in [2.24, 2.45) is 0 Å². The number of piperidine rings is 1. The summed E-state index contributed by atoms with van der Waals surface area (Å²) >= 11 is 0. The third kappa shape index (κ3) is 2.62. The van der Waals surface area contributed by atoms with Crippen LogP contribution in [0.5, 0.6) is 0 Å². The molecule has 1 aliphatic heterocycles. The molecule has 1 heterocycles. The van der Waals surface area contributed by atoms with Gasteiger partial charge < -0.3 is 4.90 Å². The van der Waals surface area contributed by atoms with Crippen molar-refractivity contribution in [1.82, 2.24) is 0 Å². The van der Waals surface area contributed by atoms with Gasteiger partial charge in [0.25, 0.3) is 0 Å². The fraction of sp³-hybridized carbons (Fsp3) is 0.429. The largest absolute Gasteiger partial charge is 0.372 e. The monoisotopic (exact) mass is 201 g/mol. The predicted molar refractivity (Wildman–Crippen MR) is 67.2 cm³/mol. The molecule has 1 heteroatoms. The van der Waals surface area contributed by atoms with Crippen LogP contribution in [0.25, 0.3) is 6.08 Å². The number of hydrogen-bond donors (Lipinski definition) is 0. The molecule has 2 rings (SSSR count). The van der Waals surface area contributed by atoms with Gasteiger partial charge in [-0.15, -0.1) is 0 Å². The van der Waals surface area contributed by atoms with Crippen molar-refractivity contribution in [2.45, 2.75) is 26.2 Å². The molecule has 1 aromatic rings. The minimum Gasteiger partial charge on any atom is -0.372 e. The Bertz CT molecular complexity index is 318. The molecule has 1 aromatic carbocycles. The van der Waals surface area contributed by atoms with Gasteiger partial charge in [-0.1, -0.05) is 24.3 Å². The Morgan fingerprint density at radius 2 is 1.67 bits per heavy atom. The summed E-state index contributed by atoms with van der Waals surface area (Å²) in [5, 5.41) is 0. The average molecular weight is 201 g/mol. The van der Waals surface area contributed by atoms with E-state index in [1.54, 1.807) is 0 Å².